The number of hydrogen-bond donors (Lipinski definition) is 4. The van der Waals surface area contributed by atoms with Gasteiger partial charge in [0.25, 0.3) is 0 Å². The molecule has 2 aromatic rings. The molecule has 0 spiro atoms. The van der Waals surface area contributed by atoms with Gasteiger partial charge in [-0.1, -0.05) is 12.1 Å². The Labute approximate surface area is 174 Å². The third kappa shape index (κ3) is 8.02. The van der Waals surface area contributed by atoms with Crippen molar-refractivity contribution in [1.82, 2.24) is 15.4 Å². The van der Waals surface area contributed by atoms with Gasteiger partial charge in [0.15, 0.2) is 5.84 Å². The zero-order valence-electron chi connectivity index (χ0n) is 16.7. The van der Waals surface area contributed by atoms with Crippen LogP contribution >= 0.6 is 0 Å². The second-order valence-electron chi connectivity index (χ2n) is 6.05. The zero-order valence-corrected chi connectivity index (χ0v) is 16.7. The molecule has 2 rings (SSSR count). The number of nitrogens with one attached hydrogen (secondary N) is 2. The lowest BCUT2D eigenvalue weighted by molar-refractivity contribution is 0.769. The van der Waals surface area contributed by atoms with E-state index in [9.17, 15) is 0 Å². The number of pyridine rings is 2. The van der Waals surface area contributed by atoms with E-state index in [-0.39, 0.29) is 17.5 Å². The monoisotopic (exact) mass is 407 g/mol. The average molecular weight is 407 g/mol. The van der Waals surface area contributed by atoms with E-state index in [1.54, 1.807) is 42.7 Å². The van der Waals surface area contributed by atoms with E-state index in [1.807, 2.05) is 6.07 Å². The quantitative estimate of drug-likeness (QED) is 0.172. The highest BCUT2D eigenvalue weighted by atomic mass is 15.4. The molecule has 0 aliphatic heterocycles. The highest BCUT2D eigenvalue weighted by molar-refractivity contribution is 6.01. The molecule has 11 heteroatoms. The van der Waals surface area contributed by atoms with Crippen LogP contribution in [-0.2, 0) is 0 Å². The van der Waals surface area contributed by atoms with Crippen molar-refractivity contribution in [1.29, 1.82) is 5.41 Å². The summed E-state index contributed by atoms with van der Waals surface area (Å²) in [7, 11) is 0. The van der Waals surface area contributed by atoms with Crippen LogP contribution in [0.25, 0.3) is 0 Å². The first kappa shape index (κ1) is 22.4. The van der Waals surface area contributed by atoms with Crippen molar-refractivity contribution < 1.29 is 0 Å². The topological polar surface area (TPSA) is 176 Å². The van der Waals surface area contributed by atoms with Gasteiger partial charge in [-0.15, -0.1) is 25.5 Å². The van der Waals surface area contributed by atoms with Gasteiger partial charge in [-0.05, 0) is 50.6 Å². The fourth-order valence-corrected chi connectivity index (χ4v) is 2.10. The smallest absolute Gasteiger partial charge is 0.219 e. The molecule has 0 unspecified atom stereocenters. The van der Waals surface area contributed by atoms with Crippen LogP contribution in [0.1, 0.15) is 37.6 Å². The van der Waals surface area contributed by atoms with Gasteiger partial charge >= 0.3 is 0 Å². The summed E-state index contributed by atoms with van der Waals surface area (Å²) in [5.41, 5.74) is 15.2. The standard InChI is InChI=1S/C19H25N11/c1-14(21)25-27-18(15-8-3-6-12-23-15)29-30-19(16-9-4-7-13-24-16)28-26-17(22)10-2-5-11-20/h3-4,6-9,12-13,21H,2,5,10-11,20H2,1H3,(H2,22,26)(H,28,30)/b21-14?,27-25-,29-18+. The van der Waals surface area contributed by atoms with Crippen molar-refractivity contribution >= 4 is 23.3 Å². The molecule has 0 aromatic carbocycles. The van der Waals surface area contributed by atoms with Crippen LogP contribution in [-0.4, -0.2) is 39.9 Å². The van der Waals surface area contributed by atoms with Crippen molar-refractivity contribution in [2.45, 2.75) is 26.2 Å². The van der Waals surface area contributed by atoms with Crippen molar-refractivity contribution in [3.8, 4) is 0 Å². The van der Waals surface area contributed by atoms with Crippen LogP contribution in [0, 0.1) is 5.41 Å². The van der Waals surface area contributed by atoms with Crippen molar-refractivity contribution in [3.63, 3.8) is 0 Å². The molecule has 30 heavy (non-hydrogen) atoms. The minimum atomic E-state index is 0.0344. The predicted octanol–water partition coefficient (Wildman–Crippen LogP) is 2.03. The molecule has 11 nitrogen and oxygen atoms in total. The molecule has 0 aliphatic carbocycles. The van der Waals surface area contributed by atoms with Crippen molar-refractivity contribution in [2.24, 2.45) is 37.0 Å². The molecule has 0 atom stereocenters. The fraction of sp³-hybridized carbons (Fsp3) is 0.263. The van der Waals surface area contributed by atoms with Gasteiger partial charge in [-0.3, -0.25) is 20.8 Å². The Morgan fingerprint density at radius 2 is 1.70 bits per heavy atom. The van der Waals surface area contributed by atoms with Gasteiger partial charge in [0.05, 0.1) is 0 Å². The lowest BCUT2D eigenvalue weighted by Gasteiger charge is -2.05. The van der Waals surface area contributed by atoms with Gasteiger partial charge in [0.2, 0.25) is 5.84 Å². The van der Waals surface area contributed by atoms with Crippen LogP contribution in [0.5, 0.6) is 0 Å². The van der Waals surface area contributed by atoms with E-state index >= 15 is 0 Å². The molecule has 0 radical (unpaired) electrons. The van der Waals surface area contributed by atoms with Gasteiger partial charge in [0, 0.05) is 18.8 Å². The Morgan fingerprint density at radius 3 is 2.30 bits per heavy atom. The third-order valence-electron chi connectivity index (χ3n) is 3.53. The Kier molecular flexibility index (Phi) is 9.40. The first-order valence-corrected chi connectivity index (χ1v) is 9.33. The van der Waals surface area contributed by atoms with Crippen LogP contribution in [0.2, 0.25) is 0 Å². The number of nitrogens with two attached hydrogens (primary N) is 2. The largest absolute Gasteiger partial charge is 0.386 e. The maximum atomic E-state index is 7.45. The molecular formula is C19H25N11. The Morgan fingerprint density at radius 1 is 1.00 bits per heavy atom. The van der Waals surface area contributed by atoms with Crippen molar-refractivity contribution in [2.75, 3.05) is 6.54 Å². The summed E-state index contributed by atoms with van der Waals surface area (Å²) in [5.74, 6) is 0.858. The highest BCUT2D eigenvalue weighted by Crippen LogP contribution is 2.02. The van der Waals surface area contributed by atoms with E-state index < -0.39 is 0 Å². The fourth-order valence-electron chi connectivity index (χ4n) is 2.10. The summed E-state index contributed by atoms with van der Waals surface area (Å²) in [4.78, 5) is 8.48. The second kappa shape index (κ2) is 12.6. The first-order valence-electron chi connectivity index (χ1n) is 9.33. The van der Waals surface area contributed by atoms with Gasteiger partial charge < -0.3 is 11.5 Å². The van der Waals surface area contributed by atoms with Crippen LogP contribution in [0.3, 0.4) is 0 Å². The average Bonchev–Trinajstić information content (AvgIpc) is 2.77. The first-order chi connectivity index (χ1) is 14.6. The third-order valence-corrected chi connectivity index (χ3v) is 3.53. The summed E-state index contributed by atoms with van der Waals surface area (Å²) in [6.07, 6.45) is 5.52. The number of hydrogen-bond acceptors (Lipinski definition) is 7. The number of hydrazone groups is 1. The summed E-state index contributed by atoms with van der Waals surface area (Å²) in [6, 6.07) is 10.7. The SMILES string of the molecule is CC(=N)/N=N\C(=N\N/C(=N\N=C(/N)CCCCN)c1ccccn1)c1ccccn1. The maximum absolute atomic E-state index is 7.45. The molecule has 0 saturated heterocycles. The molecule has 2 aromatic heterocycles. The summed E-state index contributed by atoms with van der Waals surface area (Å²) in [5, 5.41) is 27.7. The Hall–Kier alpha value is -3.86. The number of amidine groups is 4. The number of rotatable bonds is 8. The van der Waals surface area contributed by atoms with Crippen LogP contribution in [0.15, 0.2) is 74.3 Å². The molecular weight excluding hydrogens is 382 g/mol. The van der Waals surface area contributed by atoms with Gasteiger partial charge in [0.1, 0.15) is 23.1 Å². The van der Waals surface area contributed by atoms with Crippen molar-refractivity contribution in [3.05, 3.63) is 60.2 Å². The molecule has 2 heterocycles. The van der Waals surface area contributed by atoms with Gasteiger partial charge in [-0.2, -0.15) is 0 Å². The minimum Gasteiger partial charge on any atom is -0.386 e. The highest BCUT2D eigenvalue weighted by Gasteiger charge is 2.08. The van der Waals surface area contributed by atoms with Crippen LogP contribution in [0.4, 0.5) is 0 Å². The molecule has 0 bridgehead atoms. The molecule has 0 aliphatic rings. The minimum absolute atomic E-state index is 0.0344. The van der Waals surface area contributed by atoms with E-state index in [2.05, 4.69) is 40.9 Å². The summed E-state index contributed by atoms with van der Waals surface area (Å²) < 4.78 is 0. The van der Waals surface area contributed by atoms with E-state index in [0.717, 1.165) is 12.8 Å². The predicted molar refractivity (Wildman–Crippen MR) is 117 cm³/mol. The number of nitrogens with zero attached hydrogens (tertiary/aromatic N) is 7. The molecule has 0 saturated carbocycles. The van der Waals surface area contributed by atoms with E-state index in [4.69, 9.17) is 16.9 Å². The lowest BCUT2D eigenvalue weighted by Crippen LogP contribution is -2.22. The molecule has 0 amide bonds. The molecule has 6 N–H and O–H groups in total. The Bertz CT molecular complexity index is 918. The van der Waals surface area contributed by atoms with E-state index in [0.29, 0.717) is 30.2 Å². The normalized spacial score (nSPS) is 12.9. The Balaban J connectivity index is 2.32. The number of aromatic nitrogens is 2. The maximum Gasteiger partial charge on any atom is 0.219 e. The summed E-state index contributed by atoms with van der Waals surface area (Å²) in [6.45, 7) is 2.11. The number of azo groups is 1. The lowest BCUT2D eigenvalue weighted by atomic mass is 10.2. The van der Waals surface area contributed by atoms with Gasteiger partial charge in [-0.25, -0.2) is 0 Å². The number of unbranched alkanes of at least 4 members (excludes halogenated alkanes) is 1. The van der Waals surface area contributed by atoms with E-state index in [1.165, 1.54) is 6.92 Å². The summed E-state index contributed by atoms with van der Waals surface area (Å²) >= 11 is 0. The molecule has 156 valence electrons. The molecule has 0 fully saturated rings. The zero-order chi connectivity index (χ0) is 21.6. The van der Waals surface area contributed by atoms with Crippen LogP contribution < -0.4 is 16.9 Å². The second-order valence-corrected chi connectivity index (χ2v) is 6.05.